The topological polar surface area (TPSA) is 46.2 Å². The van der Waals surface area contributed by atoms with E-state index in [1.54, 1.807) is 0 Å². The van der Waals surface area contributed by atoms with Crippen molar-refractivity contribution in [1.82, 2.24) is 0 Å². The first-order chi connectivity index (χ1) is 5.00. The number of nitrogens with two attached hydrogens (primary N) is 1. The van der Waals surface area contributed by atoms with Crippen molar-refractivity contribution < 1.29 is 5.11 Å². The van der Waals surface area contributed by atoms with E-state index in [1.165, 1.54) is 0 Å². The molecule has 0 amide bonds. The summed E-state index contributed by atoms with van der Waals surface area (Å²) in [5, 5.41) is 9.25. The molecule has 12 heavy (non-hydrogen) atoms. The third-order valence-corrected chi connectivity index (χ3v) is 2.75. The number of hydrogen-bond acceptors (Lipinski definition) is 2. The number of hydrogen-bond donors (Lipinski definition) is 2. The van der Waals surface area contributed by atoms with Gasteiger partial charge in [-0.05, 0) is 45.4 Å². The molecular weight excluding hydrogens is 174 g/mol. The zero-order valence-electron chi connectivity index (χ0n) is 7.92. The Morgan fingerprint density at radius 3 is 1.92 bits per heavy atom. The summed E-state index contributed by atoms with van der Waals surface area (Å²) in [6, 6.07) is 0. The van der Waals surface area contributed by atoms with Crippen molar-refractivity contribution in [3.05, 3.63) is 0 Å². The van der Waals surface area contributed by atoms with Crippen LogP contribution in [0.25, 0.3) is 0 Å². The third kappa shape index (κ3) is 3.30. The van der Waals surface area contributed by atoms with Crippen molar-refractivity contribution >= 4 is 12.4 Å². The van der Waals surface area contributed by atoms with Gasteiger partial charge in [-0.1, -0.05) is 0 Å². The molecule has 1 aliphatic carbocycles. The maximum absolute atomic E-state index is 9.25. The fourth-order valence-corrected chi connectivity index (χ4v) is 1.82. The minimum Gasteiger partial charge on any atom is -0.393 e. The molecule has 1 fully saturated rings. The Morgan fingerprint density at radius 2 is 1.58 bits per heavy atom. The maximum Gasteiger partial charge on any atom is 0.0540 e. The summed E-state index contributed by atoms with van der Waals surface area (Å²) in [5.74, 6) is 0.603. The van der Waals surface area contributed by atoms with E-state index in [4.69, 9.17) is 5.73 Å². The molecule has 0 bridgehead atoms. The molecule has 0 aliphatic heterocycles. The monoisotopic (exact) mass is 193 g/mol. The number of halogens is 1. The Hall–Kier alpha value is 0.210. The molecule has 3 N–H and O–H groups in total. The Morgan fingerprint density at radius 1 is 1.17 bits per heavy atom. The summed E-state index contributed by atoms with van der Waals surface area (Å²) in [4.78, 5) is 0. The van der Waals surface area contributed by atoms with Gasteiger partial charge in [0.15, 0.2) is 0 Å². The van der Waals surface area contributed by atoms with Crippen molar-refractivity contribution in [3.8, 4) is 0 Å². The zero-order valence-corrected chi connectivity index (χ0v) is 8.73. The molecule has 0 aromatic rings. The van der Waals surface area contributed by atoms with E-state index in [0.29, 0.717) is 5.92 Å². The highest BCUT2D eigenvalue weighted by atomic mass is 35.5. The van der Waals surface area contributed by atoms with Gasteiger partial charge in [0, 0.05) is 5.54 Å². The largest absolute Gasteiger partial charge is 0.393 e. The fourth-order valence-electron chi connectivity index (χ4n) is 1.82. The van der Waals surface area contributed by atoms with Crippen LogP contribution in [-0.2, 0) is 0 Å². The van der Waals surface area contributed by atoms with Gasteiger partial charge in [0.1, 0.15) is 0 Å². The second kappa shape index (κ2) is 4.45. The standard InChI is InChI=1S/C9H19NO.ClH/c1-9(2,10)7-3-5-8(11)6-4-7;/h7-8,11H,3-6,10H2,1-2H3;1H. The number of aliphatic hydroxyl groups is 1. The summed E-state index contributed by atoms with van der Waals surface area (Å²) >= 11 is 0. The van der Waals surface area contributed by atoms with Crippen molar-refractivity contribution in [2.24, 2.45) is 11.7 Å². The molecule has 1 aliphatic rings. The van der Waals surface area contributed by atoms with Crippen LogP contribution >= 0.6 is 12.4 Å². The Bertz CT molecular complexity index is 125. The lowest BCUT2D eigenvalue weighted by Gasteiger charge is -2.35. The van der Waals surface area contributed by atoms with E-state index in [1.807, 2.05) is 0 Å². The summed E-state index contributed by atoms with van der Waals surface area (Å²) < 4.78 is 0. The summed E-state index contributed by atoms with van der Waals surface area (Å²) in [7, 11) is 0. The molecular formula is C9H20ClNO. The van der Waals surface area contributed by atoms with Crippen LogP contribution in [0.15, 0.2) is 0 Å². The summed E-state index contributed by atoms with van der Waals surface area (Å²) in [5.41, 5.74) is 5.92. The van der Waals surface area contributed by atoms with Gasteiger partial charge in [0.05, 0.1) is 6.10 Å². The Kier molecular flexibility index (Phi) is 4.53. The molecule has 74 valence electrons. The lowest BCUT2D eigenvalue weighted by molar-refractivity contribution is 0.0897. The molecule has 2 nitrogen and oxygen atoms in total. The highest BCUT2D eigenvalue weighted by molar-refractivity contribution is 5.85. The normalized spacial score (nSPS) is 31.0. The Labute approximate surface area is 80.9 Å². The molecule has 0 atom stereocenters. The third-order valence-electron chi connectivity index (χ3n) is 2.75. The first-order valence-corrected chi connectivity index (χ1v) is 4.47. The van der Waals surface area contributed by atoms with Gasteiger partial charge in [-0.15, -0.1) is 12.4 Å². The SMILES string of the molecule is CC(C)(N)C1CCC(O)CC1.Cl. The predicted molar refractivity (Wildman–Crippen MR) is 53.5 cm³/mol. The van der Waals surface area contributed by atoms with Crippen LogP contribution in [-0.4, -0.2) is 16.7 Å². The molecule has 0 heterocycles. The minimum atomic E-state index is -0.0615. The second-order valence-corrected chi connectivity index (χ2v) is 4.33. The lowest BCUT2D eigenvalue weighted by atomic mass is 9.76. The molecule has 0 aromatic heterocycles. The number of aliphatic hydroxyl groups excluding tert-OH is 1. The van der Waals surface area contributed by atoms with Crippen LogP contribution < -0.4 is 5.73 Å². The van der Waals surface area contributed by atoms with Crippen LogP contribution in [0.5, 0.6) is 0 Å². The van der Waals surface area contributed by atoms with Crippen molar-refractivity contribution in [2.75, 3.05) is 0 Å². The smallest absolute Gasteiger partial charge is 0.0540 e. The molecule has 0 aromatic carbocycles. The van der Waals surface area contributed by atoms with Gasteiger partial charge in [0.25, 0.3) is 0 Å². The van der Waals surface area contributed by atoms with Crippen molar-refractivity contribution in [3.63, 3.8) is 0 Å². The number of rotatable bonds is 1. The van der Waals surface area contributed by atoms with Crippen LogP contribution in [0.3, 0.4) is 0 Å². The van der Waals surface area contributed by atoms with Crippen molar-refractivity contribution in [1.29, 1.82) is 0 Å². The molecule has 0 saturated heterocycles. The molecule has 3 heteroatoms. The fraction of sp³-hybridized carbons (Fsp3) is 1.00. The van der Waals surface area contributed by atoms with Crippen LogP contribution in [0.4, 0.5) is 0 Å². The first-order valence-electron chi connectivity index (χ1n) is 4.47. The van der Waals surface area contributed by atoms with Gasteiger partial charge >= 0.3 is 0 Å². The average molecular weight is 194 g/mol. The summed E-state index contributed by atoms with van der Waals surface area (Å²) in [6.45, 7) is 4.16. The van der Waals surface area contributed by atoms with E-state index in [-0.39, 0.29) is 24.0 Å². The minimum absolute atomic E-state index is 0. The zero-order chi connectivity index (χ0) is 8.48. The van der Waals surface area contributed by atoms with Crippen LogP contribution in [0, 0.1) is 5.92 Å². The highest BCUT2D eigenvalue weighted by Gasteiger charge is 2.29. The van der Waals surface area contributed by atoms with E-state index in [2.05, 4.69) is 13.8 Å². The molecule has 1 rings (SSSR count). The van der Waals surface area contributed by atoms with E-state index < -0.39 is 0 Å². The molecule has 0 unspecified atom stereocenters. The van der Waals surface area contributed by atoms with Gasteiger partial charge in [-0.3, -0.25) is 0 Å². The first kappa shape index (κ1) is 12.2. The molecule has 1 saturated carbocycles. The predicted octanol–water partition coefficient (Wildman–Crippen LogP) is 1.70. The summed E-state index contributed by atoms with van der Waals surface area (Å²) in [6.07, 6.45) is 3.99. The van der Waals surface area contributed by atoms with E-state index >= 15 is 0 Å². The Balaban J connectivity index is 0.00000121. The average Bonchev–Trinajstić information content (AvgIpc) is 1.86. The molecule has 0 radical (unpaired) electrons. The van der Waals surface area contributed by atoms with Gasteiger partial charge in [-0.25, -0.2) is 0 Å². The molecule has 0 spiro atoms. The van der Waals surface area contributed by atoms with Crippen LogP contribution in [0.1, 0.15) is 39.5 Å². The van der Waals surface area contributed by atoms with Gasteiger partial charge in [-0.2, -0.15) is 0 Å². The van der Waals surface area contributed by atoms with Gasteiger partial charge in [0.2, 0.25) is 0 Å². The quantitative estimate of drug-likeness (QED) is 0.666. The van der Waals surface area contributed by atoms with E-state index in [9.17, 15) is 5.11 Å². The lowest BCUT2D eigenvalue weighted by Crippen LogP contribution is -2.43. The maximum atomic E-state index is 9.25. The second-order valence-electron chi connectivity index (χ2n) is 4.33. The van der Waals surface area contributed by atoms with Gasteiger partial charge < -0.3 is 10.8 Å². The van der Waals surface area contributed by atoms with E-state index in [0.717, 1.165) is 25.7 Å². The van der Waals surface area contributed by atoms with Crippen molar-refractivity contribution in [2.45, 2.75) is 51.2 Å². The highest BCUT2D eigenvalue weighted by Crippen LogP contribution is 2.30. The van der Waals surface area contributed by atoms with Crippen LogP contribution in [0.2, 0.25) is 0 Å².